The van der Waals surface area contributed by atoms with Crippen molar-refractivity contribution in [2.75, 3.05) is 0 Å². The first-order chi connectivity index (χ1) is 8.19. The van der Waals surface area contributed by atoms with E-state index in [1.54, 1.807) is 18.2 Å². The molecule has 0 aromatic heterocycles. The quantitative estimate of drug-likeness (QED) is 0.865. The molecule has 0 saturated heterocycles. The molecule has 0 aliphatic carbocycles. The molecule has 1 amide bonds. The van der Waals surface area contributed by atoms with Crippen molar-refractivity contribution in [3.63, 3.8) is 0 Å². The highest BCUT2D eigenvalue weighted by atomic mass is 35.5. The summed E-state index contributed by atoms with van der Waals surface area (Å²) in [6, 6.07) is 4.92. The van der Waals surface area contributed by atoms with Gasteiger partial charge in [0.1, 0.15) is 5.60 Å². The third-order valence-corrected chi connectivity index (χ3v) is 2.72. The number of alkyl carbamates (subject to hydrolysis) is 1. The maximum atomic E-state index is 11.6. The van der Waals surface area contributed by atoms with E-state index in [1.807, 2.05) is 27.7 Å². The lowest BCUT2D eigenvalue weighted by Crippen LogP contribution is -2.34. The van der Waals surface area contributed by atoms with Crippen molar-refractivity contribution in [1.82, 2.24) is 5.32 Å². The molecular weight excluding hydrogens is 273 g/mol. The Morgan fingerprint density at radius 1 is 1.33 bits per heavy atom. The molecule has 18 heavy (non-hydrogen) atoms. The van der Waals surface area contributed by atoms with Crippen molar-refractivity contribution in [3.8, 4) is 0 Å². The topological polar surface area (TPSA) is 38.3 Å². The second-order valence-corrected chi connectivity index (χ2v) is 5.88. The second-order valence-electron chi connectivity index (χ2n) is 5.03. The third kappa shape index (κ3) is 4.75. The summed E-state index contributed by atoms with van der Waals surface area (Å²) in [5, 5.41) is 3.81. The van der Waals surface area contributed by atoms with Gasteiger partial charge in [-0.3, -0.25) is 0 Å². The zero-order valence-electron chi connectivity index (χ0n) is 10.9. The van der Waals surface area contributed by atoms with Gasteiger partial charge in [0.2, 0.25) is 0 Å². The Morgan fingerprint density at radius 3 is 2.44 bits per heavy atom. The predicted molar refractivity (Wildman–Crippen MR) is 74.2 cm³/mol. The second kappa shape index (κ2) is 5.81. The Hall–Kier alpha value is -0.930. The highest BCUT2D eigenvalue weighted by Gasteiger charge is 2.19. The Bertz CT molecular complexity index is 441. The molecule has 1 unspecified atom stereocenters. The first-order valence-corrected chi connectivity index (χ1v) is 6.39. The molecule has 0 heterocycles. The van der Waals surface area contributed by atoms with Crippen LogP contribution in [-0.2, 0) is 4.74 Å². The first kappa shape index (κ1) is 15.1. The fraction of sp³-hybridized carbons (Fsp3) is 0.462. The van der Waals surface area contributed by atoms with Crippen LogP contribution in [0.15, 0.2) is 18.2 Å². The maximum Gasteiger partial charge on any atom is 0.408 e. The molecule has 3 nitrogen and oxygen atoms in total. The first-order valence-electron chi connectivity index (χ1n) is 5.63. The number of hydrogen-bond acceptors (Lipinski definition) is 2. The maximum absolute atomic E-state index is 11.6. The molecule has 0 aliphatic rings. The van der Waals surface area contributed by atoms with E-state index in [9.17, 15) is 4.79 Å². The number of carbonyl (C=O) groups is 1. The van der Waals surface area contributed by atoms with Crippen LogP contribution in [0.1, 0.15) is 39.3 Å². The lowest BCUT2D eigenvalue weighted by atomic mass is 10.1. The van der Waals surface area contributed by atoms with Crippen molar-refractivity contribution in [2.24, 2.45) is 0 Å². The SMILES string of the molecule is CC(NC(=O)OC(C)(C)C)c1ccc(Cl)cc1Cl. The number of halogens is 2. The number of rotatable bonds is 2. The van der Waals surface area contributed by atoms with E-state index in [1.165, 1.54) is 0 Å². The van der Waals surface area contributed by atoms with E-state index >= 15 is 0 Å². The summed E-state index contributed by atoms with van der Waals surface area (Å²) < 4.78 is 5.17. The molecule has 1 N–H and O–H groups in total. The summed E-state index contributed by atoms with van der Waals surface area (Å²) in [6.45, 7) is 7.27. The zero-order valence-corrected chi connectivity index (χ0v) is 12.4. The summed E-state index contributed by atoms with van der Waals surface area (Å²) in [4.78, 5) is 11.6. The number of benzene rings is 1. The zero-order chi connectivity index (χ0) is 13.9. The summed E-state index contributed by atoms with van der Waals surface area (Å²) in [5.41, 5.74) is 0.278. The standard InChI is InChI=1S/C13H17Cl2NO2/c1-8(16-12(17)18-13(2,3)4)10-6-5-9(14)7-11(10)15/h5-8H,1-4H3,(H,16,17). The fourth-order valence-corrected chi connectivity index (χ4v) is 1.99. The van der Waals surface area contributed by atoms with Crippen molar-refractivity contribution in [2.45, 2.75) is 39.3 Å². The monoisotopic (exact) mass is 289 g/mol. The predicted octanol–water partition coefficient (Wildman–Crippen LogP) is 4.58. The Labute approximate surface area is 117 Å². The van der Waals surface area contributed by atoms with E-state index in [0.717, 1.165) is 5.56 Å². The van der Waals surface area contributed by atoms with Gasteiger partial charge in [-0.1, -0.05) is 29.3 Å². The summed E-state index contributed by atoms with van der Waals surface area (Å²) in [5.74, 6) is 0. The van der Waals surface area contributed by atoms with Crippen molar-refractivity contribution < 1.29 is 9.53 Å². The number of amides is 1. The molecule has 0 aliphatic heterocycles. The van der Waals surface area contributed by atoms with Crippen molar-refractivity contribution >= 4 is 29.3 Å². The molecule has 0 saturated carbocycles. The van der Waals surface area contributed by atoms with Crippen LogP contribution >= 0.6 is 23.2 Å². The highest BCUT2D eigenvalue weighted by molar-refractivity contribution is 6.35. The Morgan fingerprint density at radius 2 is 1.94 bits per heavy atom. The number of ether oxygens (including phenoxy) is 1. The molecule has 5 heteroatoms. The van der Waals surface area contributed by atoms with Crippen LogP contribution in [0.3, 0.4) is 0 Å². The van der Waals surface area contributed by atoms with E-state index in [4.69, 9.17) is 27.9 Å². The molecule has 0 radical (unpaired) electrons. The van der Waals surface area contributed by atoms with Gasteiger partial charge >= 0.3 is 6.09 Å². The van der Waals surface area contributed by atoms with Crippen LogP contribution < -0.4 is 5.32 Å². The van der Waals surface area contributed by atoms with Crippen LogP contribution in [0.4, 0.5) is 4.79 Å². The number of hydrogen-bond donors (Lipinski definition) is 1. The van der Waals surface area contributed by atoms with Crippen molar-refractivity contribution in [1.29, 1.82) is 0 Å². The molecule has 100 valence electrons. The molecule has 1 aromatic rings. The average molecular weight is 290 g/mol. The average Bonchev–Trinajstić information content (AvgIpc) is 2.13. The van der Waals surface area contributed by atoms with Gasteiger partial charge in [0, 0.05) is 10.0 Å². The molecular formula is C13H17Cl2NO2. The summed E-state index contributed by atoms with van der Waals surface area (Å²) >= 11 is 11.9. The minimum absolute atomic E-state index is 0.246. The largest absolute Gasteiger partial charge is 0.444 e. The molecule has 0 bridgehead atoms. The number of nitrogens with one attached hydrogen (secondary N) is 1. The van der Waals surface area contributed by atoms with E-state index in [0.29, 0.717) is 10.0 Å². The summed E-state index contributed by atoms with van der Waals surface area (Å²) in [6.07, 6.45) is -0.471. The third-order valence-electron chi connectivity index (χ3n) is 2.16. The van der Waals surface area contributed by atoms with Crippen LogP contribution in [0, 0.1) is 0 Å². The van der Waals surface area contributed by atoms with Gasteiger partial charge in [0.25, 0.3) is 0 Å². The molecule has 1 rings (SSSR count). The highest BCUT2D eigenvalue weighted by Crippen LogP contribution is 2.26. The van der Waals surface area contributed by atoms with E-state index in [-0.39, 0.29) is 6.04 Å². The van der Waals surface area contributed by atoms with Crippen LogP contribution in [-0.4, -0.2) is 11.7 Å². The van der Waals surface area contributed by atoms with Gasteiger partial charge in [0.15, 0.2) is 0 Å². The van der Waals surface area contributed by atoms with Gasteiger partial charge in [0.05, 0.1) is 6.04 Å². The van der Waals surface area contributed by atoms with Gasteiger partial charge in [-0.15, -0.1) is 0 Å². The van der Waals surface area contributed by atoms with Crippen molar-refractivity contribution in [3.05, 3.63) is 33.8 Å². The Kier molecular flexibility index (Phi) is 4.88. The van der Waals surface area contributed by atoms with Crippen LogP contribution in [0.2, 0.25) is 10.0 Å². The normalized spacial score (nSPS) is 13.0. The molecule has 0 fully saturated rings. The van der Waals surface area contributed by atoms with Gasteiger partial charge < -0.3 is 10.1 Å². The van der Waals surface area contributed by atoms with Gasteiger partial charge in [-0.2, -0.15) is 0 Å². The van der Waals surface area contributed by atoms with Crippen LogP contribution in [0.5, 0.6) is 0 Å². The lowest BCUT2D eigenvalue weighted by Gasteiger charge is -2.22. The summed E-state index contributed by atoms with van der Waals surface area (Å²) in [7, 11) is 0. The van der Waals surface area contributed by atoms with E-state index in [2.05, 4.69) is 5.32 Å². The Balaban J connectivity index is 2.71. The minimum atomic E-state index is -0.520. The fourth-order valence-electron chi connectivity index (χ4n) is 1.41. The lowest BCUT2D eigenvalue weighted by molar-refractivity contribution is 0.0508. The smallest absolute Gasteiger partial charge is 0.408 e. The van der Waals surface area contributed by atoms with Gasteiger partial charge in [-0.05, 0) is 45.4 Å². The van der Waals surface area contributed by atoms with Crippen LogP contribution in [0.25, 0.3) is 0 Å². The van der Waals surface area contributed by atoms with Gasteiger partial charge in [-0.25, -0.2) is 4.79 Å². The van der Waals surface area contributed by atoms with E-state index < -0.39 is 11.7 Å². The molecule has 0 spiro atoms. The molecule has 1 atom stereocenters. The number of carbonyl (C=O) groups excluding carboxylic acids is 1. The molecule has 1 aromatic carbocycles. The minimum Gasteiger partial charge on any atom is -0.444 e.